The Hall–Kier alpha value is -1.59. The van der Waals surface area contributed by atoms with E-state index in [0.29, 0.717) is 5.57 Å². The molecule has 1 aliphatic heterocycles. The number of alkyl halides is 2. The van der Waals surface area contributed by atoms with Gasteiger partial charge in [-0.1, -0.05) is 12.5 Å². The van der Waals surface area contributed by atoms with Crippen molar-refractivity contribution in [3.05, 3.63) is 23.2 Å². The summed E-state index contributed by atoms with van der Waals surface area (Å²) in [4.78, 5) is 10.4. The standard InChI is InChI=1S/C10H12F2O4/c1-3-7-8(16-10(11,12)15-7)4-6(2)5-9(13)14/h4H,3,5H2,1-2H3,(H,13,14)/b6-4+. The Bertz CT molecular complexity index is 358. The summed E-state index contributed by atoms with van der Waals surface area (Å²) in [5, 5.41) is 8.51. The molecule has 90 valence electrons. The van der Waals surface area contributed by atoms with Gasteiger partial charge >= 0.3 is 12.3 Å². The van der Waals surface area contributed by atoms with Crippen molar-refractivity contribution in [2.75, 3.05) is 0 Å². The summed E-state index contributed by atoms with van der Waals surface area (Å²) in [5.41, 5.74) is 0.412. The quantitative estimate of drug-likeness (QED) is 0.812. The van der Waals surface area contributed by atoms with Crippen molar-refractivity contribution in [2.45, 2.75) is 33.0 Å². The number of carboxylic acid groups (broad SMARTS) is 1. The lowest BCUT2D eigenvalue weighted by Crippen LogP contribution is -2.16. The first-order chi connectivity index (χ1) is 7.34. The molecule has 0 unspecified atom stereocenters. The summed E-state index contributed by atoms with van der Waals surface area (Å²) >= 11 is 0. The lowest BCUT2D eigenvalue weighted by Gasteiger charge is -2.07. The summed E-state index contributed by atoms with van der Waals surface area (Å²) in [6, 6.07) is 0. The molecule has 1 rings (SSSR count). The summed E-state index contributed by atoms with van der Waals surface area (Å²) in [6.07, 6.45) is -2.37. The largest absolute Gasteiger partial charge is 0.585 e. The molecule has 0 atom stereocenters. The molecule has 1 aliphatic rings. The van der Waals surface area contributed by atoms with Crippen molar-refractivity contribution in [3.63, 3.8) is 0 Å². The number of allylic oxidation sites excluding steroid dienone is 2. The smallest absolute Gasteiger partial charge is 0.481 e. The Morgan fingerprint density at radius 3 is 2.62 bits per heavy atom. The molecule has 4 nitrogen and oxygen atoms in total. The van der Waals surface area contributed by atoms with Crippen LogP contribution in [-0.4, -0.2) is 17.4 Å². The van der Waals surface area contributed by atoms with Crippen LogP contribution in [0.25, 0.3) is 0 Å². The molecule has 1 N–H and O–H groups in total. The van der Waals surface area contributed by atoms with Gasteiger partial charge in [-0.2, -0.15) is 0 Å². The average Bonchev–Trinajstić information content (AvgIpc) is 2.38. The fourth-order valence-corrected chi connectivity index (χ4v) is 1.27. The molecule has 1 heterocycles. The number of carbonyl (C=O) groups is 1. The number of ether oxygens (including phenoxy) is 2. The first kappa shape index (κ1) is 12.5. The van der Waals surface area contributed by atoms with E-state index in [1.165, 1.54) is 13.0 Å². The molecule has 0 aromatic rings. The van der Waals surface area contributed by atoms with Crippen LogP contribution in [0.2, 0.25) is 0 Å². The van der Waals surface area contributed by atoms with Gasteiger partial charge in [0.15, 0.2) is 5.76 Å². The molecular formula is C10H12F2O4. The molecule has 6 heteroatoms. The second-order valence-corrected chi connectivity index (χ2v) is 3.37. The van der Waals surface area contributed by atoms with E-state index in [1.807, 2.05) is 0 Å². The second-order valence-electron chi connectivity index (χ2n) is 3.37. The summed E-state index contributed by atoms with van der Waals surface area (Å²) in [7, 11) is 0. The Labute approximate surface area is 91.2 Å². The summed E-state index contributed by atoms with van der Waals surface area (Å²) in [5.74, 6) is -1.11. The molecule has 0 aliphatic carbocycles. The minimum absolute atomic E-state index is 0.0229. The van der Waals surface area contributed by atoms with Gasteiger partial charge < -0.3 is 14.6 Å². The van der Waals surface area contributed by atoms with Crippen molar-refractivity contribution in [1.29, 1.82) is 0 Å². The van der Waals surface area contributed by atoms with Crippen molar-refractivity contribution in [2.24, 2.45) is 0 Å². The minimum Gasteiger partial charge on any atom is -0.481 e. The van der Waals surface area contributed by atoms with Gasteiger partial charge in [0.1, 0.15) is 5.76 Å². The number of aliphatic carboxylic acids is 1. The van der Waals surface area contributed by atoms with E-state index in [-0.39, 0.29) is 24.4 Å². The van der Waals surface area contributed by atoms with Crippen LogP contribution < -0.4 is 0 Å². The molecule has 0 spiro atoms. The summed E-state index contributed by atoms with van der Waals surface area (Å²) in [6.45, 7) is 3.16. The fourth-order valence-electron chi connectivity index (χ4n) is 1.27. The molecule has 0 fully saturated rings. The third-order valence-electron chi connectivity index (χ3n) is 1.87. The minimum atomic E-state index is -3.65. The van der Waals surface area contributed by atoms with Crippen LogP contribution in [0.5, 0.6) is 0 Å². The molecule has 16 heavy (non-hydrogen) atoms. The van der Waals surface area contributed by atoms with Crippen molar-refractivity contribution < 1.29 is 28.2 Å². The topological polar surface area (TPSA) is 55.8 Å². The number of carboxylic acids is 1. The van der Waals surface area contributed by atoms with Gasteiger partial charge in [-0.15, -0.1) is 8.78 Å². The van der Waals surface area contributed by atoms with Gasteiger partial charge in [0.05, 0.1) is 6.42 Å². The zero-order valence-electron chi connectivity index (χ0n) is 8.92. The maximum absolute atomic E-state index is 12.7. The van der Waals surface area contributed by atoms with Gasteiger partial charge in [0, 0.05) is 6.42 Å². The van der Waals surface area contributed by atoms with Gasteiger partial charge in [0.2, 0.25) is 0 Å². The lowest BCUT2D eigenvalue weighted by molar-refractivity contribution is -0.336. The number of hydrogen-bond acceptors (Lipinski definition) is 3. The maximum atomic E-state index is 12.7. The van der Waals surface area contributed by atoms with Crippen LogP contribution in [0.3, 0.4) is 0 Å². The van der Waals surface area contributed by atoms with E-state index in [4.69, 9.17) is 5.11 Å². The number of rotatable bonds is 4. The highest BCUT2D eigenvalue weighted by Gasteiger charge is 2.43. The van der Waals surface area contributed by atoms with Crippen molar-refractivity contribution in [3.8, 4) is 0 Å². The second kappa shape index (κ2) is 4.51. The molecule has 0 amide bonds. The van der Waals surface area contributed by atoms with Crippen LogP contribution in [0, 0.1) is 0 Å². The maximum Gasteiger partial charge on any atom is 0.585 e. The van der Waals surface area contributed by atoms with E-state index in [2.05, 4.69) is 9.47 Å². The highest BCUT2D eigenvalue weighted by atomic mass is 19.3. The third kappa shape index (κ3) is 3.22. The van der Waals surface area contributed by atoms with Gasteiger partial charge in [-0.25, -0.2) is 0 Å². The zero-order valence-corrected chi connectivity index (χ0v) is 8.92. The monoisotopic (exact) mass is 234 g/mol. The number of hydrogen-bond donors (Lipinski definition) is 1. The van der Waals surface area contributed by atoms with Crippen molar-refractivity contribution >= 4 is 5.97 Å². The predicted octanol–water partition coefficient (Wildman–Crippen LogP) is 2.63. The highest BCUT2D eigenvalue weighted by Crippen LogP contribution is 2.35. The van der Waals surface area contributed by atoms with E-state index >= 15 is 0 Å². The molecule has 0 saturated heterocycles. The third-order valence-corrected chi connectivity index (χ3v) is 1.87. The molecule has 0 bridgehead atoms. The Morgan fingerprint density at radius 1 is 1.50 bits per heavy atom. The Balaban J connectivity index is 2.83. The summed E-state index contributed by atoms with van der Waals surface area (Å²) < 4.78 is 33.9. The predicted molar refractivity (Wildman–Crippen MR) is 50.4 cm³/mol. The molecular weight excluding hydrogens is 222 g/mol. The van der Waals surface area contributed by atoms with Crippen molar-refractivity contribution in [1.82, 2.24) is 0 Å². The van der Waals surface area contributed by atoms with Crippen LogP contribution in [0.4, 0.5) is 8.78 Å². The fraction of sp³-hybridized carbons (Fsp3) is 0.500. The first-order valence-corrected chi connectivity index (χ1v) is 4.72. The van der Waals surface area contributed by atoms with E-state index in [9.17, 15) is 13.6 Å². The Kier molecular flexibility index (Phi) is 3.51. The van der Waals surface area contributed by atoms with Crippen LogP contribution in [0.15, 0.2) is 23.2 Å². The van der Waals surface area contributed by atoms with Gasteiger partial charge in [0.25, 0.3) is 0 Å². The Morgan fingerprint density at radius 2 is 2.12 bits per heavy atom. The molecule has 0 aromatic carbocycles. The van der Waals surface area contributed by atoms with E-state index in [0.717, 1.165) is 0 Å². The van der Waals surface area contributed by atoms with E-state index < -0.39 is 12.3 Å². The SMILES string of the molecule is CCC1=C(/C=C(\C)CC(=O)O)OC(F)(F)O1. The van der Waals surface area contributed by atoms with Gasteiger partial charge in [-0.3, -0.25) is 4.79 Å². The first-order valence-electron chi connectivity index (χ1n) is 4.72. The normalized spacial score (nSPS) is 19.4. The van der Waals surface area contributed by atoms with Crippen LogP contribution >= 0.6 is 0 Å². The van der Waals surface area contributed by atoms with Crippen LogP contribution in [-0.2, 0) is 14.3 Å². The van der Waals surface area contributed by atoms with E-state index in [1.54, 1.807) is 6.92 Å². The molecule has 0 saturated carbocycles. The molecule has 0 radical (unpaired) electrons. The zero-order chi connectivity index (χ0) is 12.3. The average molecular weight is 234 g/mol. The van der Waals surface area contributed by atoms with Gasteiger partial charge in [-0.05, 0) is 13.0 Å². The lowest BCUT2D eigenvalue weighted by atomic mass is 10.2. The van der Waals surface area contributed by atoms with Crippen LogP contribution in [0.1, 0.15) is 26.7 Å². The number of halogens is 2. The highest BCUT2D eigenvalue weighted by molar-refractivity contribution is 5.70. The molecule has 0 aromatic heterocycles.